The molecule has 0 saturated carbocycles. The van der Waals surface area contributed by atoms with Gasteiger partial charge in [0.15, 0.2) is 0 Å². The highest BCUT2D eigenvalue weighted by atomic mass is 19.4. The number of carbonyl (C=O) groups excluding carboxylic acids is 3. The number of alkyl halides is 3. The zero-order valence-electron chi connectivity index (χ0n) is 17.9. The van der Waals surface area contributed by atoms with Crippen molar-refractivity contribution >= 4 is 34.8 Å². The molecule has 4 rings (SSSR count). The van der Waals surface area contributed by atoms with Crippen LogP contribution >= 0.6 is 0 Å². The maximum Gasteiger partial charge on any atom is 0.418 e. The normalized spacial score (nSPS) is 13.0. The molecule has 2 N–H and O–H groups in total. The number of nitrogens with zero attached hydrogens (tertiary/aromatic N) is 1. The molecular weight excluding hydrogens is 466 g/mol. The Morgan fingerprint density at radius 1 is 0.914 bits per heavy atom. The van der Waals surface area contributed by atoms with Gasteiger partial charge < -0.3 is 10.6 Å². The molecule has 1 aliphatic heterocycles. The molecule has 1 heterocycles. The van der Waals surface area contributed by atoms with Crippen LogP contribution in [0.15, 0.2) is 73.3 Å². The summed E-state index contributed by atoms with van der Waals surface area (Å²) >= 11 is 0. The van der Waals surface area contributed by atoms with Crippen molar-refractivity contribution in [2.45, 2.75) is 6.18 Å². The Balaban J connectivity index is 1.52. The second kappa shape index (κ2) is 9.05. The van der Waals surface area contributed by atoms with E-state index in [1.165, 1.54) is 18.2 Å². The summed E-state index contributed by atoms with van der Waals surface area (Å²) in [6.07, 6.45) is -4.88. The average Bonchev–Trinajstić information content (AvgIpc) is 3.04. The molecule has 0 spiro atoms. The zero-order chi connectivity index (χ0) is 25.3. The minimum atomic E-state index is -4.88. The summed E-state index contributed by atoms with van der Waals surface area (Å²) in [7, 11) is 0. The fourth-order valence-corrected chi connectivity index (χ4v) is 3.64. The van der Waals surface area contributed by atoms with Gasteiger partial charge in [0, 0.05) is 22.5 Å². The van der Waals surface area contributed by atoms with Gasteiger partial charge in [-0.25, -0.2) is 4.39 Å². The molecule has 10 heteroatoms. The molecule has 35 heavy (non-hydrogen) atoms. The Kier molecular flexibility index (Phi) is 6.12. The molecule has 3 aromatic rings. The average molecular weight is 483 g/mol. The number of hydrogen-bond acceptors (Lipinski definition) is 3. The molecule has 0 unspecified atom stereocenters. The van der Waals surface area contributed by atoms with Crippen LogP contribution in [0.3, 0.4) is 0 Å². The zero-order valence-corrected chi connectivity index (χ0v) is 17.9. The molecule has 0 saturated heterocycles. The van der Waals surface area contributed by atoms with Crippen molar-refractivity contribution in [1.29, 1.82) is 0 Å². The first-order valence-corrected chi connectivity index (χ1v) is 10.2. The molecule has 6 nitrogen and oxygen atoms in total. The van der Waals surface area contributed by atoms with E-state index < -0.39 is 47.5 Å². The molecule has 0 aromatic heterocycles. The van der Waals surface area contributed by atoms with E-state index in [0.29, 0.717) is 17.2 Å². The van der Waals surface area contributed by atoms with E-state index in [1.807, 2.05) is 0 Å². The first-order valence-electron chi connectivity index (χ1n) is 10.2. The van der Waals surface area contributed by atoms with Crippen LogP contribution in [0.2, 0.25) is 0 Å². The number of anilines is 2. The summed E-state index contributed by atoms with van der Waals surface area (Å²) in [5.74, 6) is -3.12. The maximum absolute atomic E-state index is 13.8. The van der Waals surface area contributed by atoms with E-state index in [4.69, 9.17) is 0 Å². The predicted molar refractivity (Wildman–Crippen MR) is 121 cm³/mol. The Labute approximate surface area is 196 Å². The highest BCUT2D eigenvalue weighted by Crippen LogP contribution is 2.37. The molecular formula is C25H17F4N3O3. The summed E-state index contributed by atoms with van der Waals surface area (Å²) < 4.78 is 54.9. The molecule has 0 fully saturated rings. The quantitative estimate of drug-likeness (QED) is 0.492. The lowest BCUT2D eigenvalue weighted by atomic mass is 10.1. The largest absolute Gasteiger partial charge is 0.418 e. The van der Waals surface area contributed by atoms with Crippen molar-refractivity contribution in [3.63, 3.8) is 0 Å². The number of benzene rings is 3. The highest BCUT2D eigenvalue weighted by Gasteiger charge is 2.36. The number of halogens is 4. The van der Waals surface area contributed by atoms with Crippen LogP contribution in [-0.4, -0.2) is 29.2 Å². The molecule has 0 radical (unpaired) electrons. The number of hydrogen-bond donors (Lipinski definition) is 2. The van der Waals surface area contributed by atoms with Gasteiger partial charge in [0.1, 0.15) is 12.4 Å². The smallest absolute Gasteiger partial charge is 0.324 e. The summed E-state index contributed by atoms with van der Waals surface area (Å²) in [6.45, 7) is 3.25. The molecule has 0 aliphatic carbocycles. The third kappa shape index (κ3) is 4.77. The van der Waals surface area contributed by atoms with E-state index in [1.54, 1.807) is 24.3 Å². The summed E-state index contributed by atoms with van der Waals surface area (Å²) in [6, 6.07) is 14.3. The molecule has 178 valence electrons. The number of carbonyl (C=O) groups is 3. The number of fused-ring (bicyclic) bond motifs is 1. The molecule has 0 bridgehead atoms. The van der Waals surface area contributed by atoms with Crippen LogP contribution in [0.4, 0.5) is 28.9 Å². The van der Waals surface area contributed by atoms with Crippen LogP contribution in [0, 0.1) is 5.82 Å². The molecule has 3 aromatic carbocycles. The number of amides is 3. The third-order valence-corrected chi connectivity index (χ3v) is 5.32. The lowest BCUT2D eigenvalue weighted by Gasteiger charge is -2.19. The SMILES string of the molecule is C=C1c2ccccc2C(=O)N1CC(=O)Nc1ccc(NC(=O)c2ccccc2F)cc1C(F)(F)F. The summed E-state index contributed by atoms with van der Waals surface area (Å²) in [5, 5.41) is 4.38. The second-order valence-electron chi connectivity index (χ2n) is 7.62. The number of rotatable bonds is 5. The first kappa shape index (κ1) is 23.7. The van der Waals surface area contributed by atoms with Gasteiger partial charge >= 0.3 is 6.18 Å². The predicted octanol–water partition coefficient (Wildman–Crippen LogP) is 5.16. The Morgan fingerprint density at radius 2 is 1.57 bits per heavy atom. The van der Waals surface area contributed by atoms with Crippen LogP contribution in [0.1, 0.15) is 31.8 Å². The fraction of sp³-hybridized carbons (Fsp3) is 0.0800. The van der Waals surface area contributed by atoms with Gasteiger partial charge in [-0.05, 0) is 36.4 Å². The van der Waals surface area contributed by atoms with Crippen molar-refractivity contribution in [2.24, 2.45) is 0 Å². The third-order valence-electron chi connectivity index (χ3n) is 5.32. The van der Waals surface area contributed by atoms with E-state index in [9.17, 15) is 31.9 Å². The summed E-state index contributed by atoms with van der Waals surface area (Å²) in [4.78, 5) is 38.4. The minimum absolute atomic E-state index is 0.248. The van der Waals surface area contributed by atoms with Gasteiger partial charge in [-0.3, -0.25) is 19.3 Å². The van der Waals surface area contributed by atoms with Gasteiger partial charge in [0.25, 0.3) is 11.8 Å². The van der Waals surface area contributed by atoms with Gasteiger partial charge in [-0.15, -0.1) is 0 Å². The van der Waals surface area contributed by atoms with Gasteiger partial charge in [-0.1, -0.05) is 36.9 Å². The highest BCUT2D eigenvalue weighted by molar-refractivity contribution is 6.11. The van der Waals surface area contributed by atoms with Crippen LogP contribution < -0.4 is 10.6 Å². The minimum Gasteiger partial charge on any atom is -0.324 e. The second-order valence-corrected chi connectivity index (χ2v) is 7.62. The lowest BCUT2D eigenvalue weighted by molar-refractivity contribution is -0.136. The van der Waals surface area contributed by atoms with E-state index >= 15 is 0 Å². The van der Waals surface area contributed by atoms with Crippen molar-refractivity contribution in [3.8, 4) is 0 Å². The topological polar surface area (TPSA) is 78.5 Å². The Morgan fingerprint density at radius 3 is 2.23 bits per heavy atom. The Hall–Kier alpha value is -4.47. The Bertz CT molecular complexity index is 1330. The maximum atomic E-state index is 13.8. The van der Waals surface area contributed by atoms with Crippen LogP contribution in [0.25, 0.3) is 5.70 Å². The lowest BCUT2D eigenvalue weighted by Crippen LogP contribution is -2.33. The van der Waals surface area contributed by atoms with Crippen molar-refractivity contribution in [2.75, 3.05) is 17.2 Å². The van der Waals surface area contributed by atoms with Crippen LogP contribution in [-0.2, 0) is 11.0 Å². The standard InChI is InChI=1S/C25H17F4N3O3/c1-14-16-6-2-3-7-17(16)24(35)32(14)13-22(33)31-21-11-10-15(12-19(21)25(27,28)29)30-23(34)18-8-4-5-9-20(18)26/h2-12H,1,13H2,(H,30,34)(H,31,33). The van der Waals surface area contributed by atoms with E-state index in [-0.39, 0.29) is 16.9 Å². The first-order chi connectivity index (χ1) is 16.6. The van der Waals surface area contributed by atoms with Gasteiger partial charge in [0.2, 0.25) is 5.91 Å². The van der Waals surface area contributed by atoms with Gasteiger partial charge in [-0.2, -0.15) is 13.2 Å². The van der Waals surface area contributed by atoms with Crippen molar-refractivity contribution in [3.05, 3.63) is 101 Å². The molecule has 3 amide bonds. The van der Waals surface area contributed by atoms with E-state index in [2.05, 4.69) is 17.2 Å². The van der Waals surface area contributed by atoms with E-state index in [0.717, 1.165) is 23.1 Å². The molecule has 1 aliphatic rings. The van der Waals surface area contributed by atoms with Crippen LogP contribution in [0.5, 0.6) is 0 Å². The van der Waals surface area contributed by atoms with Gasteiger partial charge in [0.05, 0.1) is 16.8 Å². The summed E-state index contributed by atoms with van der Waals surface area (Å²) in [5.41, 5.74) is -1.24. The monoisotopic (exact) mass is 483 g/mol. The van der Waals surface area contributed by atoms with Crippen molar-refractivity contribution in [1.82, 2.24) is 4.90 Å². The fourth-order valence-electron chi connectivity index (χ4n) is 3.64. The van der Waals surface area contributed by atoms with Crippen molar-refractivity contribution < 1.29 is 31.9 Å². The molecule has 0 atom stereocenters. The number of nitrogens with one attached hydrogen (secondary N) is 2.